The fourth-order valence-electron chi connectivity index (χ4n) is 4.73. The molecule has 0 radical (unpaired) electrons. The Morgan fingerprint density at radius 2 is 2.15 bits per heavy atom. The van der Waals surface area contributed by atoms with E-state index < -0.39 is 5.97 Å². The second-order valence-electron chi connectivity index (χ2n) is 8.86. The number of carbonyl (C=O) groups is 1. The molecule has 8 heteroatoms. The number of carbonyl (C=O) groups excluding carboxylic acids is 1. The molecule has 2 aliphatic heterocycles. The van der Waals surface area contributed by atoms with Gasteiger partial charge in [0, 0.05) is 56.8 Å². The minimum Gasteiger partial charge on any atom is -0.492 e. The number of furan rings is 1. The van der Waals surface area contributed by atoms with Crippen molar-refractivity contribution >= 4 is 12.0 Å². The van der Waals surface area contributed by atoms with E-state index in [-0.39, 0.29) is 5.56 Å². The molecule has 178 valence electrons. The molecular weight excluding hydrogens is 422 g/mol. The van der Waals surface area contributed by atoms with Gasteiger partial charge in [0.15, 0.2) is 0 Å². The summed E-state index contributed by atoms with van der Waals surface area (Å²) in [4.78, 5) is 30.3. The van der Waals surface area contributed by atoms with Crippen molar-refractivity contribution in [2.75, 3.05) is 53.5 Å². The Morgan fingerprint density at radius 1 is 1.27 bits per heavy atom. The summed E-state index contributed by atoms with van der Waals surface area (Å²) in [6, 6.07) is 5.22. The van der Waals surface area contributed by atoms with Gasteiger partial charge in [0.2, 0.25) is 0 Å². The predicted octanol–water partition coefficient (Wildman–Crippen LogP) is 2.52. The number of ether oxygens (including phenoxy) is 2. The van der Waals surface area contributed by atoms with E-state index in [1.165, 1.54) is 13.2 Å². The molecule has 33 heavy (non-hydrogen) atoms. The molecular formula is C25H33N3O5. The highest BCUT2D eigenvalue weighted by atomic mass is 16.5. The zero-order valence-corrected chi connectivity index (χ0v) is 19.5. The van der Waals surface area contributed by atoms with E-state index in [4.69, 9.17) is 13.9 Å². The van der Waals surface area contributed by atoms with Gasteiger partial charge >= 0.3 is 5.97 Å². The molecule has 0 amide bonds. The Hall–Kier alpha value is -2.84. The Kier molecular flexibility index (Phi) is 7.67. The lowest BCUT2D eigenvalue weighted by Crippen LogP contribution is -2.35. The van der Waals surface area contributed by atoms with Crippen molar-refractivity contribution in [2.24, 2.45) is 5.92 Å². The van der Waals surface area contributed by atoms with E-state index in [9.17, 15) is 9.59 Å². The number of rotatable bonds is 7. The van der Waals surface area contributed by atoms with Crippen LogP contribution in [0.5, 0.6) is 5.75 Å². The van der Waals surface area contributed by atoms with Crippen LogP contribution in [0.4, 0.5) is 0 Å². The van der Waals surface area contributed by atoms with Crippen LogP contribution in [0.2, 0.25) is 0 Å². The summed E-state index contributed by atoms with van der Waals surface area (Å²) in [5.41, 5.74) is 0.943. The maximum atomic E-state index is 13.0. The first-order chi connectivity index (χ1) is 16.0. The van der Waals surface area contributed by atoms with Crippen molar-refractivity contribution in [3.63, 3.8) is 0 Å². The molecule has 2 aromatic rings. The van der Waals surface area contributed by atoms with Gasteiger partial charge in [0.05, 0.1) is 20.0 Å². The van der Waals surface area contributed by atoms with Gasteiger partial charge < -0.3 is 23.4 Å². The molecule has 0 spiro atoms. The molecule has 2 aromatic heterocycles. The third-order valence-corrected chi connectivity index (χ3v) is 6.46. The van der Waals surface area contributed by atoms with Crippen LogP contribution in [-0.4, -0.2) is 73.8 Å². The number of hydrogen-bond donors (Lipinski definition) is 0. The fraction of sp³-hybridized carbons (Fsp3) is 0.520. The number of likely N-dealkylation sites (tertiary alicyclic amines) is 1. The predicted molar refractivity (Wildman–Crippen MR) is 126 cm³/mol. The number of methoxy groups -OCH3 is 1. The number of pyridine rings is 1. The zero-order valence-electron chi connectivity index (χ0n) is 19.5. The Bertz CT molecular complexity index is 1030. The van der Waals surface area contributed by atoms with E-state index in [1.807, 2.05) is 18.2 Å². The fourth-order valence-corrected chi connectivity index (χ4v) is 4.73. The maximum Gasteiger partial charge on any atom is 0.343 e. The van der Waals surface area contributed by atoms with Crippen LogP contribution in [0.25, 0.3) is 6.08 Å². The summed E-state index contributed by atoms with van der Waals surface area (Å²) in [6.07, 6.45) is 8.42. The van der Waals surface area contributed by atoms with Crippen LogP contribution in [-0.2, 0) is 17.7 Å². The quantitative estimate of drug-likeness (QED) is 0.594. The number of aromatic nitrogens is 1. The highest BCUT2D eigenvalue weighted by Gasteiger charge is 2.27. The number of fused-ring (bicyclic) bond motifs is 1. The highest BCUT2D eigenvalue weighted by molar-refractivity contribution is 5.93. The summed E-state index contributed by atoms with van der Waals surface area (Å²) in [5, 5.41) is 0. The Balaban J connectivity index is 1.51. The van der Waals surface area contributed by atoms with Gasteiger partial charge in [-0.1, -0.05) is 6.08 Å². The zero-order chi connectivity index (χ0) is 23.2. The molecule has 0 aliphatic carbocycles. The molecule has 8 nitrogen and oxygen atoms in total. The lowest BCUT2D eigenvalue weighted by molar-refractivity contribution is 0.0590. The minimum atomic E-state index is -0.458. The number of esters is 1. The SMILES string of the molecule is COC(=O)c1c(OC[C@H]2CCCN(C)C2)cc(=O)n2c1CCN(C/C=C/c1ccco1)CC2. The summed E-state index contributed by atoms with van der Waals surface area (Å²) in [7, 11) is 3.48. The average Bonchev–Trinajstić information content (AvgIpc) is 3.24. The summed E-state index contributed by atoms with van der Waals surface area (Å²) < 4.78 is 18.2. The van der Waals surface area contributed by atoms with Crippen LogP contribution < -0.4 is 10.3 Å². The van der Waals surface area contributed by atoms with Gasteiger partial charge in [-0.3, -0.25) is 9.69 Å². The molecule has 0 bridgehead atoms. The first kappa shape index (κ1) is 23.3. The second kappa shape index (κ2) is 10.9. The Morgan fingerprint density at radius 3 is 2.91 bits per heavy atom. The van der Waals surface area contributed by atoms with E-state index in [2.05, 4.69) is 22.9 Å². The first-order valence-corrected chi connectivity index (χ1v) is 11.6. The van der Waals surface area contributed by atoms with Crippen LogP contribution in [0.3, 0.4) is 0 Å². The van der Waals surface area contributed by atoms with Gasteiger partial charge in [-0.25, -0.2) is 4.79 Å². The topological polar surface area (TPSA) is 77.2 Å². The molecule has 2 aliphatic rings. The summed E-state index contributed by atoms with van der Waals surface area (Å²) in [5.74, 6) is 1.08. The largest absolute Gasteiger partial charge is 0.492 e. The van der Waals surface area contributed by atoms with Crippen molar-refractivity contribution in [2.45, 2.75) is 25.8 Å². The van der Waals surface area contributed by atoms with Gasteiger partial charge in [0.25, 0.3) is 5.56 Å². The summed E-state index contributed by atoms with van der Waals surface area (Å²) >= 11 is 0. The van der Waals surface area contributed by atoms with Crippen LogP contribution in [0.15, 0.2) is 39.7 Å². The van der Waals surface area contributed by atoms with Crippen LogP contribution in [0.1, 0.15) is 34.7 Å². The van der Waals surface area contributed by atoms with Gasteiger partial charge in [-0.2, -0.15) is 0 Å². The molecule has 0 saturated carbocycles. The van der Waals surface area contributed by atoms with E-state index in [1.54, 1.807) is 10.8 Å². The Labute approximate surface area is 194 Å². The van der Waals surface area contributed by atoms with Crippen LogP contribution >= 0.6 is 0 Å². The van der Waals surface area contributed by atoms with Crippen molar-refractivity contribution in [3.8, 4) is 5.75 Å². The molecule has 4 rings (SSSR count). The standard InChI is InChI=1S/C25H33N3O5/c1-26-10-3-6-19(17-26)18-33-22-16-23(29)28-14-13-27(11-4-7-20-8-5-15-32-20)12-9-21(28)24(22)25(30)31-2/h4-5,7-8,15-16,19H,3,6,9-14,17-18H2,1-2H3/b7-4+/t19-/m0/s1. The molecule has 4 heterocycles. The van der Waals surface area contributed by atoms with Gasteiger partial charge in [-0.15, -0.1) is 0 Å². The third kappa shape index (κ3) is 5.75. The summed E-state index contributed by atoms with van der Waals surface area (Å²) in [6.45, 7) is 5.22. The maximum absolute atomic E-state index is 13.0. The molecule has 1 atom stereocenters. The van der Waals surface area contributed by atoms with Crippen molar-refractivity contribution in [1.82, 2.24) is 14.4 Å². The van der Waals surface area contributed by atoms with E-state index in [0.717, 1.165) is 44.8 Å². The molecule has 0 unspecified atom stereocenters. The van der Waals surface area contributed by atoms with Gasteiger partial charge in [-0.05, 0) is 44.6 Å². The van der Waals surface area contributed by atoms with Crippen LogP contribution in [0, 0.1) is 5.92 Å². The molecule has 0 aromatic carbocycles. The van der Waals surface area contributed by atoms with Gasteiger partial charge in [0.1, 0.15) is 17.1 Å². The molecule has 1 saturated heterocycles. The van der Waals surface area contributed by atoms with Crippen molar-refractivity contribution < 1.29 is 18.7 Å². The molecule has 0 N–H and O–H groups in total. The average molecular weight is 456 g/mol. The number of piperidine rings is 1. The minimum absolute atomic E-state index is 0.138. The lowest BCUT2D eigenvalue weighted by atomic mass is 9.99. The molecule has 1 fully saturated rings. The van der Waals surface area contributed by atoms with E-state index in [0.29, 0.717) is 49.0 Å². The van der Waals surface area contributed by atoms with Crippen molar-refractivity contribution in [3.05, 3.63) is 57.9 Å². The number of hydrogen-bond acceptors (Lipinski definition) is 7. The monoisotopic (exact) mass is 455 g/mol. The first-order valence-electron chi connectivity index (χ1n) is 11.6. The third-order valence-electron chi connectivity index (χ3n) is 6.46. The number of nitrogens with zero attached hydrogens (tertiary/aromatic N) is 3. The smallest absolute Gasteiger partial charge is 0.343 e. The highest BCUT2D eigenvalue weighted by Crippen LogP contribution is 2.25. The normalized spacial score (nSPS) is 19.9. The van der Waals surface area contributed by atoms with Crippen molar-refractivity contribution in [1.29, 1.82) is 0 Å². The van der Waals surface area contributed by atoms with E-state index >= 15 is 0 Å². The second-order valence-corrected chi connectivity index (χ2v) is 8.86. The lowest BCUT2D eigenvalue weighted by Gasteiger charge is -2.29.